The van der Waals surface area contributed by atoms with E-state index >= 15 is 0 Å². The molecule has 3 aromatic rings. The van der Waals surface area contributed by atoms with Gasteiger partial charge in [-0.25, -0.2) is 8.42 Å². The van der Waals surface area contributed by atoms with Gasteiger partial charge in [0.1, 0.15) is 5.75 Å². The number of anilines is 1. The molecule has 1 aromatic heterocycles. The number of nitrogens with one attached hydrogen (secondary N) is 1. The highest BCUT2D eigenvalue weighted by molar-refractivity contribution is 7.92. The van der Waals surface area contributed by atoms with Crippen LogP contribution in [0.3, 0.4) is 0 Å². The fourth-order valence-electron chi connectivity index (χ4n) is 3.77. The summed E-state index contributed by atoms with van der Waals surface area (Å²) in [4.78, 5) is 31.6. The first-order valence-corrected chi connectivity index (χ1v) is 12.0. The van der Waals surface area contributed by atoms with E-state index in [0.29, 0.717) is 5.56 Å². The van der Waals surface area contributed by atoms with Crippen LogP contribution < -0.4 is 9.46 Å². The van der Waals surface area contributed by atoms with Crippen molar-refractivity contribution in [1.82, 2.24) is 9.88 Å². The fraction of sp³-hybridized carbons (Fsp3) is 0.174. The quantitative estimate of drug-likeness (QED) is 0.453. The van der Waals surface area contributed by atoms with Gasteiger partial charge in [-0.3, -0.25) is 24.2 Å². The van der Waals surface area contributed by atoms with Gasteiger partial charge >= 0.3 is 6.61 Å². The van der Waals surface area contributed by atoms with Crippen molar-refractivity contribution in [1.29, 1.82) is 0 Å². The second-order valence-electron chi connectivity index (χ2n) is 8.05. The molecular weight excluding hydrogens is 504 g/mol. The Balaban J connectivity index is 1.71. The van der Waals surface area contributed by atoms with Crippen LogP contribution in [0.2, 0.25) is 5.02 Å². The molecule has 8 nitrogen and oxygen atoms in total. The largest absolute Gasteiger partial charge is 0.435 e. The lowest BCUT2D eigenvalue weighted by atomic mass is 9.94. The monoisotopic (exact) mass is 521 g/mol. The van der Waals surface area contributed by atoms with Gasteiger partial charge < -0.3 is 4.74 Å². The molecular formula is C23H18ClF2N3O5S. The number of benzene rings is 2. The van der Waals surface area contributed by atoms with Gasteiger partial charge in [-0.1, -0.05) is 17.7 Å². The molecule has 0 fully saturated rings. The molecule has 0 radical (unpaired) electrons. The van der Waals surface area contributed by atoms with Gasteiger partial charge in [0.05, 0.1) is 32.3 Å². The summed E-state index contributed by atoms with van der Waals surface area (Å²) in [6.07, 6.45) is 3.08. The van der Waals surface area contributed by atoms with Crippen molar-refractivity contribution < 1.29 is 31.5 Å². The Morgan fingerprint density at radius 3 is 2.29 bits per heavy atom. The van der Waals surface area contributed by atoms with Gasteiger partial charge in [0.25, 0.3) is 21.8 Å². The van der Waals surface area contributed by atoms with Crippen LogP contribution in [-0.4, -0.2) is 36.7 Å². The molecule has 35 heavy (non-hydrogen) atoms. The van der Waals surface area contributed by atoms with E-state index < -0.39 is 34.0 Å². The minimum atomic E-state index is -4.27. The number of aromatic nitrogens is 1. The van der Waals surface area contributed by atoms with Crippen molar-refractivity contribution in [3.05, 3.63) is 82.6 Å². The van der Waals surface area contributed by atoms with Gasteiger partial charge in [-0.05, 0) is 61.9 Å². The molecule has 1 aliphatic heterocycles. The molecule has 2 amide bonds. The van der Waals surface area contributed by atoms with Crippen molar-refractivity contribution in [2.24, 2.45) is 0 Å². The topological polar surface area (TPSA) is 106 Å². The summed E-state index contributed by atoms with van der Waals surface area (Å²) in [6, 6.07) is 10.2. The van der Waals surface area contributed by atoms with Crippen molar-refractivity contribution >= 4 is 39.1 Å². The van der Waals surface area contributed by atoms with Gasteiger partial charge in [0, 0.05) is 12.4 Å². The Labute approximate surface area is 204 Å². The normalized spacial score (nSPS) is 13.8. The Hall–Kier alpha value is -3.57. The summed E-state index contributed by atoms with van der Waals surface area (Å²) in [5.41, 5.74) is -1.02. The van der Waals surface area contributed by atoms with Crippen LogP contribution in [0, 0.1) is 0 Å². The maximum absolute atomic E-state index is 13.5. The number of ether oxygens (including phenoxy) is 1. The maximum Gasteiger partial charge on any atom is 0.387 e. The van der Waals surface area contributed by atoms with Crippen molar-refractivity contribution in [2.75, 3.05) is 4.72 Å². The van der Waals surface area contributed by atoms with Gasteiger partial charge in [-0.15, -0.1) is 0 Å². The predicted octanol–water partition coefficient (Wildman–Crippen LogP) is 4.67. The highest BCUT2D eigenvalue weighted by Gasteiger charge is 2.47. The molecule has 0 saturated carbocycles. The Kier molecular flexibility index (Phi) is 6.24. The van der Waals surface area contributed by atoms with Crippen LogP contribution in [-0.2, 0) is 15.6 Å². The average Bonchev–Trinajstić information content (AvgIpc) is 3.08. The summed E-state index contributed by atoms with van der Waals surface area (Å²) in [6.45, 7) is 0.258. The van der Waals surface area contributed by atoms with Crippen LogP contribution in [0.1, 0.15) is 40.1 Å². The van der Waals surface area contributed by atoms with Gasteiger partial charge in [0.2, 0.25) is 0 Å². The van der Waals surface area contributed by atoms with Crippen molar-refractivity contribution in [2.45, 2.75) is 30.9 Å². The number of pyridine rings is 1. The molecule has 0 spiro atoms. The van der Waals surface area contributed by atoms with E-state index in [9.17, 15) is 26.8 Å². The Bertz CT molecular complexity index is 1420. The summed E-state index contributed by atoms with van der Waals surface area (Å²) in [7, 11) is -4.27. The Morgan fingerprint density at radius 2 is 1.69 bits per heavy atom. The average molecular weight is 522 g/mol. The lowest BCUT2D eigenvalue weighted by molar-refractivity contribution is -0.0498. The number of halogens is 3. The third-order valence-electron chi connectivity index (χ3n) is 5.52. The molecule has 1 N–H and O–H groups in total. The number of fused-ring (bicyclic) bond motifs is 1. The first-order chi connectivity index (χ1) is 16.4. The molecule has 0 unspecified atom stereocenters. The zero-order valence-electron chi connectivity index (χ0n) is 18.3. The molecule has 1 aliphatic rings. The molecule has 0 aliphatic carbocycles. The van der Waals surface area contributed by atoms with E-state index in [1.165, 1.54) is 18.3 Å². The van der Waals surface area contributed by atoms with E-state index in [2.05, 4.69) is 14.4 Å². The first-order valence-electron chi connectivity index (χ1n) is 10.1. The predicted molar refractivity (Wildman–Crippen MR) is 123 cm³/mol. The number of hydrogen-bond acceptors (Lipinski definition) is 6. The molecule has 2 aromatic carbocycles. The van der Waals surface area contributed by atoms with Crippen LogP contribution in [0.4, 0.5) is 14.5 Å². The van der Waals surface area contributed by atoms with Gasteiger partial charge in [-0.2, -0.15) is 8.78 Å². The summed E-state index contributed by atoms with van der Waals surface area (Å²) < 4.78 is 57.2. The minimum Gasteiger partial charge on any atom is -0.435 e. The minimum absolute atomic E-state index is 0.0146. The Morgan fingerprint density at radius 1 is 1.03 bits per heavy atom. The summed E-state index contributed by atoms with van der Waals surface area (Å²) in [5.74, 6) is -1.64. The SMILES string of the molecule is CC(C)(c1cccnc1)N1C(=O)c2c(Cl)ccc(NS(=O)(=O)c3ccc(OC(F)F)cc3)c2C1=O. The molecule has 182 valence electrons. The van der Waals surface area contributed by atoms with Crippen molar-refractivity contribution in [3.63, 3.8) is 0 Å². The van der Waals surface area contributed by atoms with E-state index in [1.807, 2.05) is 0 Å². The second kappa shape index (κ2) is 8.90. The number of carbonyl (C=O) groups excluding carboxylic acids is 2. The number of alkyl halides is 2. The van der Waals surface area contributed by atoms with Gasteiger partial charge in [0.15, 0.2) is 0 Å². The smallest absolute Gasteiger partial charge is 0.387 e. The number of nitrogens with zero attached hydrogens (tertiary/aromatic N) is 2. The summed E-state index contributed by atoms with van der Waals surface area (Å²) in [5, 5.41) is -0.0146. The molecule has 12 heteroatoms. The van der Waals surface area contributed by atoms with Crippen LogP contribution in [0.25, 0.3) is 0 Å². The zero-order valence-corrected chi connectivity index (χ0v) is 19.9. The lowest BCUT2D eigenvalue weighted by Gasteiger charge is -2.34. The second-order valence-corrected chi connectivity index (χ2v) is 10.1. The highest BCUT2D eigenvalue weighted by Crippen LogP contribution is 2.41. The zero-order chi connectivity index (χ0) is 25.5. The number of rotatable bonds is 7. The standard InChI is InChI=1S/C23H18ClF2N3O5S/c1-23(2,13-4-3-11-27-12-13)29-20(30)18-16(24)9-10-17(19(18)21(29)31)28-35(32,33)15-7-5-14(6-8-15)34-22(25)26/h3-12,22,28H,1-2H3. The number of hydrogen-bond donors (Lipinski definition) is 1. The van der Waals surface area contributed by atoms with Crippen LogP contribution in [0.5, 0.6) is 5.75 Å². The fourth-order valence-corrected chi connectivity index (χ4v) is 5.08. The van der Waals surface area contributed by atoms with E-state index in [0.717, 1.165) is 29.2 Å². The molecule has 0 bridgehead atoms. The molecule has 4 rings (SSSR count). The van der Waals surface area contributed by atoms with E-state index in [4.69, 9.17) is 11.6 Å². The van der Waals surface area contributed by atoms with E-state index in [1.54, 1.807) is 32.2 Å². The lowest BCUT2D eigenvalue weighted by Crippen LogP contribution is -2.45. The third-order valence-corrected chi connectivity index (χ3v) is 7.22. The molecule has 0 atom stereocenters. The molecule has 0 saturated heterocycles. The number of carbonyl (C=O) groups is 2. The number of amides is 2. The van der Waals surface area contributed by atoms with E-state index in [-0.39, 0.29) is 32.5 Å². The third kappa shape index (κ3) is 4.44. The van der Waals surface area contributed by atoms with Crippen LogP contribution >= 0.6 is 11.6 Å². The molecule has 2 heterocycles. The number of sulfonamides is 1. The summed E-state index contributed by atoms with van der Waals surface area (Å²) >= 11 is 6.25. The van der Waals surface area contributed by atoms with Crippen LogP contribution in [0.15, 0.2) is 65.8 Å². The maximum atomic E-state index is 13.5. The van der Waals surface area contributed by atoms with Crippen molar-refractivity contribution in [3.8, 4) is 5.75 Å². The highest BCUT2D eigenvalue weighted by atomic mass is 35.5. The number of imide groups is 1. The first kappa shape index (κ1) is 24.6.